The Kier molecular flexibility index (Phi) is 8.51. The Morgan fingerprint density at radius 2 is 1.71 bits per heavy atom. The van der Waals surface area contributed by atoms with Crippen LogP contribution in [0.2, 0.25) is 5.02 Å². The second-order valence-corrected chi connectivity index (χ2v) is 11.6. The molecule has 2 aromatic carbocycles. The molecule has 3 heterocycles. The maximum atomic E-state index is 13.1. The first-order chi connectivity index (χ1) is 20.1. The number of carbonyl (C=O) groups excluding carboxylic acids is 2. The smallest absolute Gasteiger partial charge is 0.335 e. The molecular weight excluding hydrogens is 576 g/mol. The van der Waals surface area contributed by atoms with Crippen molar-refractivity contribution in [3.63, 3.8) is 0 Å². The molecule has 0 radical (unpaired) electrons. The third kappa shape index (κ3) is 6.12. The van der Waals surface area contributed by atoms with Crippen LogP contribution in [0.3, 0.4) is 0 Å². The highest BCUT2D eigenvalue weighted by molar-refractivity contribution is 7.15. The highest BCUT2D eigenvalue weighted by Gasteiger charge is 2.32. The molecule has 4 aromatic rings. The summed E-state index contributed by atoms with van der Waals surface area (Å²) < 4.78 is 2.00. The summed E-state index contributed by atoms with van der Waals surface area (Å²) in [6.07, 6.45) is 0.680. The van der Waals surface area contributed by atoms with Gasteiger partial charge in [-0.3, -0.25) is 19.1 Å². The molecule has 1 aliphatic rings. The molecule has 0 bridgehead atoms. The van der Waals surface area contributed by atoms with Crippen molar-refractivity contribution in [1.82, 2.24) is 20.1 Å². The fourth-order valence-electron chi connectivity index (χ4n) is 4.78. The zero-order valence-electron chi connectivity index (χ0n) is 23.3. The van der Waals surface area contributed by atoms with Gasteiger partial charge in [0.25, 0.3) is 0 Å². The zero-order valence-corrected chi connectivity index (χ0v) is 24.8. The molecule has 216 valence electrons. The van der Waals surface area contributed by atoms with Gasteiger partial charge in [-0.05, 0) is 69.2 Å². The van der Waals surface area contributed by atoms with Crippen molar-refractivity contribution in [2.45, 2.75) is 46.1 Å². The molecule has 3 N–H and O–H groups in total. The summed E-state index contributed by atoms with van der Waals surface area (Å²) in [4.78, 5) is 42.6. The largest absolute Gasteiger partial charge is 0.478 e. The van der Waals surface area contributed by atoms with Gasteiger partial charge in [0.2, 0.25) is 11.8 Å². The van der Waals surface area contributed by atoms with Gasteiger partial charge in [0.1, 0.15) is 16.9 Å². The van der Waals surface area contributed by atoms with Crippen LogP contribution in [0.4, 0.5) is 5.69 Å². The maximum absolute atomic E-state index is 13.1. The van der Waals surface area contributed by atoms with Crippen LogP contribution in [0.25, 0.3) is 5.00 Å². The zero-order chi connectivity index (χ0) is 30.0. The summed E-state index contributed by atoms with van der Waals surface area (Å²) in [5.74, 6) is -0.157. The molecule has 0 fully saturated rings. The molecule has 10 nitrogen and oxygen atoms in total. The number of aliphatic imine (C=N–C) groups is 1. The standard InChI is InChI=1S/C30H29ClN6O4S/c1-16-17(2)42-29-26(16)27(19-6-10-21(31)11-7-19)34-23(28-36-35-18(3)37(28)29)15-25(39)32-14-4-5-24(38)33-22-12-8-20(9-13-22)30(40)41/h6-13,23H,4-5,14-15H2,1-3H3,(H,32,39)(H,33,38)(H,40,41). The fraction of sp³-hybridized carbons (Fsp3) is 0.267. The summed E-state index contributed by atoms with van der Waals surface area (Å²) in [7, 11) is 0. The van der Waals surface area contributed by atoms with Crippen LogP contribution in [-0.2, 0) is 9.59 Å². The molecule has 5 rings (SSSR count). The first kappa shape index (κ1) is 29.2. The number of aromatic nitrogens is 3. The number of rotatable bonds is 9. The summed E-state index contributed by atoms with van der Waals surface area (Å²) in [6.45, 7) is 6.35. The molecule has 1 unspecified atom stereocenters. The van der Waals surface area contributed by atoms with Crippen LogP contribution in [-0.4, -0.2) is 49.9 Å². The second-order valence-electron chi connectivity index (χ2n) is 9.99. The van der Waals surface area contributed by atoms with Crippen LogP contribution in [0.5, 0.6) is 0 Å². The number of halogens is 1. The lowest BCUT2D eigenvalue weighted by Crippen LogP contribution is -2.27. The number of aromatic carboxylic acids is 1. The minimum atomic E-state index is -1.03. The second kappa shape index (κ2) is 12.3. The maximum Gasteiger partial charge on any atom is 0.335 e. The number of thiophene rings is 1. The highest BCUT2D eigenvalue weighted by Crippen LogP contribution is 2.39. The molecule has 2 amide bonds. The summed E-state index contributed by atoms with van der Waals surface area (Å²) in [6, 6.07) is 12.9. The number of benzene rings is 2. The third-order valence-corrected chi connectivity index (χ3v) is 8.50. The molecule has 0 saturated carbocycles. The fourth-order valence-corrected chi connectivity index (χ4v) is 6.12. The quantitative estimate of drug-likeness (QED) is 0.218. The number of nitrogens with one attached hydrogen (secondary N) is 2. The van der Waals surface area contributed by atoms with Gasteiger partial charge in [-0.25, -0.2) is 4.79 Å². The third-order valence-electron chi connectivity index (χ3n) is 7.05. The first-order valence-electron chi connectivity index (χ1n) is 13.4. The van der Waals surface area contributed by atoms with Crippen LogP contribution in [0.1, 0.15) is 68.9 Å². The van der Waals surface area contributed by atoms with Crippen LogP contribution < -0.4 is 10.6 Å². The molecule has 42 heavy (non-hydrogen) atoms. The number of carbonyl (C=O) groups is 3. The lowest BCUT2D eigenvalue weighted by atomic mass is 9.99. The normalized spacial score (nSPS) is 13.9. The number of hydrogen-bond donors (Lipinski definition) is 3. The van der Waals surface area contributed by atoms with Gasteiger partial charge >= 0.3 is 5.97 Å². The van der Waals surface area contributed by atoms with E-state index in [4.69, 9.17) is 21.7 Å². The van der Waals surface area contributed by atoms with E-state index in [1.807, 2.05) is 35.8 Å². The van der Waals surface area contributed by atoms with E-state index in [9.17, 15) is 14.4 Å². The monoisotopic (exact) mass is 604 g/mol. The number of carboxylic acid groups (broad SMARTS) is 1. The Labute approximate surface area is 251 Å². The molecule has 2 aromatic heterocycles. The molecule has 0 aliphatic carbocycles. The van der Waals surface area contributed by atoms with Gasteiger partial charge in [0.05, 0.1) is 17.7 Å². The molecule has 1 atom stereocenters. The number of amides is 2. The minimum Gasteiger partial charge on any atom is -0.478 e. The Balaban J connectivity index is 1.28. The van der Waals surface area contributed by atoms with E-state index >= 15 is 0 Å². The molecule has 0 spiro atoms. The Morgan fingerprint density at radius 3 is 2.40 bits per heavy atom. The van der Waals surface area contributed by atoms with Gasteiger partial charge < -0.3 is 15.7 Å². The van der Waals surface area contributed by atoms with Crippen molar-refractivity contribution in [1.29, 1.82) is 0 Å². The Hall–Kier alpha value is -4.35. The highest BCUT2D eigenvalue weighted by atomic mass is 35.5. The number of carboxylic acids is 1. The van der Waals surface area contributed by atoms with Gasteiger partial charge in [0.15, 0.2) is 5.82 Å². The first-order valence-corrected chi connectivity index (χ1v) is 14.6. The number of hydrogen-bond acceptors (Lipinski definition) is 7. The van der Waals surface area contributed by atoms with E-state index in [0.29, 0.717) is 35.3 Å². The van der Waals surface area contributed by atoms with E-state index in [2.05, 4.69) is 34.7 Å². The van der Waals surface area contributed by atoms with Crippen molar-refractivity contribution >= 4 is 52.1 Å². The number of nitrogens with zero attached hydrogens (tertiary/aromatic N) is 4. The summed E-state index contributed by atoms with van der Waals surface area (Å²) in [5, 5.41) is 25.0. The molecule has 1 aliphatic heterocycles. The lowest BCUT2D eigenvalue weighted by Gasteiger charge is -2.13. The predicted octanol–water partition coefficient (Wildman–Crippen LogP) is 5.42. The summed E-state index contributed by atoms with van der Waals surface area (Å²) in [5.41, 5.74) is 4.43. The Bertz CT molecular complexity index is 1690. The van der Waals surface area contributed by atoms with Crippen molar-refractivity contribution in [3.8, 4) is 5.00 Å². The van der Waals surface area contributed by atoms with E-state index in [0.717, 1.165) is 27.4 Å². The van der Waals surface area contributed by atoms with Crippen molar-refractivity contribution in [2.24, 2.45) is 4.99 Å². The number of anilines is 1. The minimum absolute atomic E-state index is 0.0598. The van der Waals surface area contributed by atoms with Gasteiger partial charge in [-0.1, -0.05) is 23.7 Å². The summed E-state index contributed by atoms with van der Waals surface area (Å²) >= 11 is 7.82. The van der Waals surface area contributed by atoms with Crippen LogP contribution >= 0.6 is 22.9 Å². The molecule has 12 heteroatoms. The van der Waals surface area contributed by atoms with Crippen LogP contribution in [0, 0.1) is 20.8 Å². The van der Waals surface area contributed by atoms with E-state index < -0.39 is 12.0 Å². The Morgan fingerprint density at radius 1 is 1.00 bits per heavy atom. The van der Waals surface area contributed by atoms with Gasteiger partial charge in [-0.15, -0.1) is 21.5 Å². The van der Waals surface area contributed by atoms with Crippen molar-refractivity contribution < 1.29 is 19.5 Å². The van der Waals surface area contributed by atoms with E-state index in [1.165, 1.54) is 29.1 Å². The van der Waals surface area contributed by atoms with E-state index in [-0.39, 0.29) is 30.2 Å². The SMILES string of the molecule is Cc1sc2c(c1C)C(c1ccc(Cl)cc1)=NC(CC(=O)NCCCC(=O)Nc1ccc(C(=O)O)cc1)c1nnc(C)n1-2. The number of fused-ring (bicyclic) bond motifs is 3. The predicted molar refractivity (Wildman–Crippen MR) is 162 cm³/mol. The van der Waals surface area contributed by atoms with Crippen LogP contribution in [0.15, 0.2) is 53.5 Å². The van der Waals surface area contributed by atoms with Crippen molar-refractivity contribution in [3.05, 3.63) is 92.3 Å². The van der Waals surface area contributed by atoms with Crippen molar-refractivity contribution in [2.75, 3.05) is 11.9 Å². The van der Waals surface area contributed by atoms with Gasteiger partial charge in [-0.2, -0.15) is 0 Å². The van der Waals surface area contributed by atoms with Gasteiger partial charge in [0, 0.05) is 39.7 Å². The number of aryl methyl sites for hydroxylation is 2. The molecule has 0 saturated heterocycles. The topological polar surface area (TPSA) is 139 Å². The lowest BCUT2D eigenvalue weighted by molar-refractivity contribution is -0.122. The average Bonchev–Trinajstić information content (AvgIpc) is 3.43. The average molecular weight is 605 g/mol. The molecular formula is C30H29ClN6O4S. The van der Waals surface area contributed by atoms with E-state index in [1.54, 1.807) is 11.3 Å².